The summed E-state index contributed by atoms with van der Waals surface area (Å²) in [6.45, 7) is -0.0860. The van der Waals surface area contributed by atoms with E-state index in [4.69, 9.17) is 4.74 Å². The lowest BCUT2D eigenvalue weighted by Crippen LogP contribution is -2.42. The Balaban J connectivity index is 1.44. The molecule has 1 atom stereocenters. The number of aryl methyl sites for hydroxylation is 1. The quantitative estimate of drug-likeness (QED) is 0.315. The molecule has 0 aliphatic carbocycles. The van der Waals surface area contributed by atoms with Gasteiger partial charge in [0.2, 0.25) is 10.0 Å². The number of carboxylic acid groups (broad SMARTS) is 1. The van der Waals surface area contributed by atoms with Gasteiger partial charge in [0.05, 0.1) is 15.8 Å². The predicted molar refractivity (Wildman–Crippen MR) is 137 cm³/mol. The Labute approximate surface area is 216 Å². The summed E-state index contributed by atoms with van der Waals surface area (Å²) in [5, 5.41) is 9.94. The highest BCUT2D eigenvalue weighted by Crippen LogP contribution is 2.23. The molecule has 12 heteroatoms. The van der Waals surface area contributed by atoms with Crippen LogP contribution < -0.4 is 20.7 Å². The average Bonchev–Trinajstić information content (AvgIpc) is 2.90. The fraction of sp³-hybridized carbons (Fsp3) is 0.192. The van der Waals surface area contributed by atoms with Crippen LogP contribution in [-0.2, 0) is 28.4 Å². The summed E-state index contributed by atoms with van der Waals surface area (Å²) in [4.78, 5) is 37.0. The number of carboxylic acids is 1. The number of nitrogens with one attached hydrogen (secondary N) is 1. The molecule has 0 spiro atoms. The van der Waals surface area contributed by atoms with Crippen LogP contribution in [0.2, 0.25) is 0 Å². The molecule has 10 nitrogen and oxygen atoms in total. The molecule has 0 saturated carbocycles. The third-order valence-electron chi connectivity index (χ3n) is 5.91. The van der Waals surface area contributed by atoms with Crippen LogP contribution in [0.3, 0.4) is 0 Å². The largest absolute Gasteiger partial charge is 0.480 e. The summed E-state index contributed by atoms with van der Waals surface area (Å²) in [6, 6.07) is 15.7. The van der Waals surface area contributed by atoms with Crippen molar-refractivity contribution in [3.8, 4) is 11.5 Å². The van der Waals surface area contributed by atoms with Crippen LogP contribution in [0.15, 0.2) is 87.3 Å². The zero-order valence-electron chi connectivity index (χ0n) is 20.2. The summed E-state index contributed by atoms with van der Waals surface area (Å²) < 4.78 is 48.7. The number of ether oxygens (including phenoxy) is 1. The molecule has 198 valence electrons. The van der Waals surface area contributed by atoms with Crippen molar-refractivity contribution in [2.75, 3.05) is 0 Å². The van der Waals surface area contributed by atoms with Crippen LogP contribution in [0.4, 0.5) is 4.39 Å². The Morgan fingerprint density at radius 1 is 1.00 bits per heavy atom. The van der Waals surface area contributed by atoms with Gasteiger partial charge in [0.15, 0.2) is 0 Å². The summed E-state index contributed by atoms with van der Waals surface area (Å²) in [5.74, 6) is -1.17. The number of benzene rings is 3. The fourth-order valence-electron chi connectivity index (χ4n) is 3.93. The van der Waals surface area contributed by atoms with Gasteiger partial charge in [-0.1, -0.05) is 12.1 Å². The van der Waals surface area contributed by atoms with E-state index in [1.165, 1.54) is 60.1 Å². The molecular formula is C26H24FN3O7S. The van der Waals surface area contributed by atoms with Gasteiger partial charge in [0, 0.05) is 13.6 Å². The summed E-state index contributed by atoms with van der Waals surface area (Å²) >= 11 is 0. The Bertz CT molecular complexity index is 1700. The van der Waals surface area contributed by atoms with Crippen LogP contribution in [0.1, 0.15) is 12.8 Å². The number of fused-ring (bicyclic) bond motifs is 1. The summed E-state index contributed by atoms with van der Waals surface area (Å²) in [5.41, 5.74) is -0.577. The topological polar surface area (TPSA) is 137 Å². The number of aromatic nitrogens is 2. The van der Waals surface area contributed by atoms with Gasteiger partial charge in [-0.15, -0.1) is 0 Å². The number of hydrogen-bond acceptors (Lipinski definition) is 6. The van der Waals surface area contributed by atoms with Crippen LogP contribution >= 0.6 is 0 Å². The smallest absolute Gasteiger partial charge is 0.331 e. The van der Waals surface area contributed by atoms with Gasteiger partial charge >= 0.3 is 11.7 Å². The van der Waals surface area contributed by atoms with Crippen molar-refractivity contribution in [1.82, 2.24) is 13.9 Å². The zero-order valence-corrected chi connectivity index (χ0v) is 21.0. The van der Waals surface area contributed by atoms with E-state index in [0.29, 0.717) is 22.4 Å². The van der Waals surface area contributed by atoms with E-state index in [9.17, 15) is 32.3 Å². The molecule has 0 aliphatic heterocycles. The third-order valence-corrected chi connectivity index (χ3v) is 7.40. The van der Waals surface area contributed by atoms with Crippen LogP contribution in [0.5, 0.6) is 11.5 Å². The molecule has 1 aromatic heterocycles. The van der Waals surface area contributed by atoms with Crippen molar-refractivity contribution in [3.63, 3.8) is 0 Å². The van der Waals surface area contributed by atoms with E-state index in [2.05, 4.69) is 4.72 Å². The van der Waals surface area contributed by atoms with Crippen molar-refractivity contribution in [3.05, 3.63) is 99.5 Å². The summed E-state index contributed by atoms with van der Waals surface area (Å²) in [7, 11) is -2.68. The van der Waals surface area contributed by atoms with Crippen molar-refractivity contribution >= 4 is 26.9 Å². The zero-order chi connectivity index (χ0) is 27.4. The first-order chi connectivity index (χ1) is 18.1. The Morgan fingerprint density at radius 2 is 1.61 bits per heavy atom. The molecule has 0 aliphatic rings. The minimum atomic E-state index is -4.22. The first-order valence-corrected chi connectivity index (χ1v) is 13.0. The number of para-hydroxylation sites is 1. The lowest BCUT2D eigenvalue weighted by molar-refractivity contribution is -0.139. The number of halogens is 1. The van der Waals surface area contributed by atoms with E-state index >= 15 is 0 Å². The molecule has 0 amide bonds. The Kier molecular flexibility index (Phi) is 7.74. The van der Waals surface area contributed by atoms with Gasteiger partial charge in [-0.05, 0) is 73.5 Å². The minimum Gasteiger partial charge on any atom is -0.480 e. The second-order valence-corrected chi connectivity index (χ2v) is 10.2. The van der Waals surface area contributed by atoms with E-state index in [0.717, 1.165) is 4.57 Å². The molecule has 2 N–H and O–H groups in total. The number of sulfonamides is 1. The highest BCUT2D eigenvalue weighted by Gasteiger charge is 2.25. The number of aliphatic carboxylic acids is 1. The fourth-order valence-corrected chi connectivity index (χ4v) is 5.15. The van der Waals surface area contributed by atoms with E-state index in [1.54, 1.807) is 24.3 Å². The van der Waals surface area contributed by atoms with E-state index < -0.39 is 39.1 Å². The van der Waals surface area contributed by atoms with Crippen molar-refractivity contribution in [1.29, 1.82) is 0 Å². The molecular weight excluding hydrogens is 517 g/mol. The van der Waals surface area contributed by atoms with Gasteiger partial charge in [0.1, 0.15) is 23.4 Å². The molecule has 0 saturated heterocycles. The van der Waals surface area contributed by atoms with Gasteiger partial charge in [-0.25, -0.2) is 17.6 Å². The van der Waals surface area contributed by atoms with Gasteiger partial charge in [-0.3, -0.25) is 18.7 Å². The highest BCUT2D eigenvalue weighted by atomic mass is 32.2. The van der Waals surface area contributed by atoms with Gasteiger partial charge < -0.3 is 9.84 Å². The maximum Gasteiger partial charge on any atom is 0.331 e. The molecule has 0 radical (unpaired) electrons. The van der Waals surface area contributed by atoms with Crippen molar-refractivity contribution < 1.29 is 27.4 Å². The lowest BCUT2D eigenvalue weighted by Gasteiger charge is -2.16. The Hall–Kier alpha value is -4.29. The van der Waals surface area contributed by atoms with E-state index in [1.807, 2.05) is 0 Å². The maximum absolute atomic E-state index is 13.0. The van der Waals surface area contributed by atoms with Gasteiger partial charge in [0.25, 0.3) is 5.56 Å². The molecule has 3 aromatic carbocycles. The second-order valence-electron chi connectivity index (χ2n) is 8.50. The monoisotopic (exact) mass is 541 g/mol. The molecule has 38 heavy (non-hydrogen) atoms. The molecule has 0 unspecified atom stereocenters. The molecule has 0 bridgehead atoms. The minimum absolute atomic E-state index is 0.0530. The number of rotatable bonds is 10. The second kappa shape index (κ2) is 11.0. The lowest BCUT2D eigenvalue weighted by atomic mass is 10.1. The number of carbonyl (C=O) groups is 1. The number of nitrogens with zero attached hydrogens (tertiary/aromatic N) is 2. The Morgan fingerprint density at radius 3 is 2.24 bits per heavy atom. The normalized spacial score (nSPS) is 12.4. The summed E-state index contributed by atoms with van der Waals surface area (Å²) in [6.07, 6.45) is -0.111. The van der Waals surface area contributed by atoms with E-state index in [-0.39, 0.29) is 24.3 Å². The van der Waals surface area contributed by atoms with Gasteiger partial charge in [-0.2, -0.15) is 4.72 Å². The molecule has 1 heterocycles. The maximum atomic E-state index is 13.0. The third kappa shape index (κ3) is 5.82. The van der Waals surface area contributed by atoms with Crippen molar-refractivity contribution in [2.45, 2.75) is 30.3 Å². The standard InChI is InChI=1S/C26H24FN3O7S/c1-29-23-7-3-2-5-21(23)24(31)30(26(29)34)16-4-6-22(25(32)33)28-38(35,36)20-14-12-19(13-15-20)37-18-10-8-17(27)9-11-18/h2-3,5,7-15,22,28H,4,6,16H2,1H3,(H,32,33)/t22-/m1/s1. The van der Waals surface area contributed by atoms with Crippen LogP contribution in [0, 0.1) is 5.82 Å². The number of hydrogen-bond donors (Lipinski definition) is 2. The molecule has 4 aromatic rings. The highest BCUT2D eigenvalue weighted by molar-refractivity contribution is 7.89. The molecule has 0 fully saturated rings. The van der Waals surface area contributed by atoms with Crippen LogP contribution in [-0.4, -0.2) is 34.7 Å². The first kappa shape index (κ1) is 26.8. The van der Waals surface area contributed by atoms with Crippen LogP contribution in [0.25, 0.3) is 10.9 Å². The van der Waals surface area contributed by atoms with Crippen molar-refractivity contribution in [2.24, 2.45) is 7.05 Å². The SMILES string of the molecule is Cn1c(=O)n(CCC[C@@H](NS(=O)(=O)c2ccc(Oc3ccc(F)cc3)cc2)C(=O)O)c(=O)c2ccccc21. The first-order valence-electron chi connectivity index (χ1n) is 11.5. The molecule has 4 rings (SSSR count). The average molecular weight is 542 g/mol. The predicted octanol–water partition coefficient (Wildman–Crippen LogP) is 2.84.